The van der Waals surface area contributed by atoms with E-state index in [1.54, 1.807) is 18.2 Å². The summed E-state index contributed by atoms with van der Waals surface area (Å²) in [5.74, 6) is -2.55. The van der Waals surface area contributed by atoms with Gasteiger partial charge in [-0.3, -0.25) is 4.79 Å². The van der Waals surface area contributed by atoms with Crippen LogP contribution in [0.3, 0.4) is 0 Å². The standard InChI is InChI=1S/C19H21F2N3O.2ClH/c1-24-10-8-13(9-11-24)22-14-4-2-5-15(12-14)23-19(25)18-16(20)6-3-7-17(18)21;;/h2-7,12-13,22H,8-11H2,1H3,(H,23,25);2*1H. The second kappa shape index (κ2) is 10.4. The van der Waals surface area contributed by atoms with Gasteiger partial charge >= 0.3 is 0 Å². The van der Waals surface area contributed by atoms with E-state index in [0.717, 1.165) is 43.8 Å². The Morgan fingerprint density at radius 3 is 2.19 bits per heavy atom. The Balaban J connectivity index is 0.00000182. The first-order chi connectivity index (χ1) is 12.0. The van der Waals surface area contributed by atoms with Crippen LogP contribution in [-0.2, 0) is 0 Å². The number of halogens is 4. The minimum Gasteiger partial charge on any atom is -0.382 e. The third kappa shape index (κ3) is 6.06. The molecule has 0 aromatic heterocycles. The smallest absolute Gasteiger partial charge is 0.261 e. The van der Waals surface area contributed by atoms with Crippen LogP contribution in [0.5, 0.6) is 0 Å². The summed E-state index contributed by atoms with van der Waals surface area (Å²) in [5, 5.41) is 6.01. The van der Waals surface area contributed by atoms with E-state index < -0.39 is 23.1 Å². The first-order valence-electron chi connectivity index (χ1n) is 8.33. The van der Waals surface area contributed by atoms with Gasteiger partial charge in [0, 0.05) is 17.4 Å². The number of nitrogens with one attached hydrogen (secondary N) is 2. The molecule has 0 aliphatic carbocycles. The maximum Gasteiger partial charge on any atom is 0.261 e. The Labute approximate surface area is 170 Å². The molecule has 0 atom stereocenters. The Kier molecular flexibility index (Phi) is 8.96. The number of piperidine rings is 1. The lowest BCUT2D eigenvalue weighted by Gasteiger charge is -2.30. The molecule has 8 heteroatoms. The molecule has 148 valence electrons. The minimum absolute atomic E-state index is 0. The van der Waals surface area contributed by atoms with Gasteiger partial charge in [-0.2, -0.15) is 0 Å². The minimum atomic E-state index is -0.877. The molecule has 1 aliphatic heterocycles. The van der Waals surface area contributed by atoms with E-state index in [-0.39, 0.29) is 24.8 Å². The lowest BCUT2D eigenvalue weighted by Crippen LogP contribution is -2.36. The van der Waals surface area contributed by atoms with E-state index in [2.05, 4.69) is 22.6 Å². The van der Waals surface area contributed by atoms with Crippen LogP contribution in [0.25, 0.3) is 0 Å². The highest BCUT2D eigenvalue weighted by Crippen LogP contribution is 2.21. The first kappa shape index (κ1) is 23.1. The van der Waals surface area contributed by atoms with Crippen molar-refractivity contribution < 1.29 is 13.6 Å². The van der Waals surface area contributed by atoms with Crippen molar-refractivity contribution in [3.63, 3.8) is 0 Å². The number of amides is 1. The molecule has 1 aliphatic rings. The third-order valence-corrected chi connectivity index (χ3v) is 4.40. The topological polar surface area (TPSA) is 44.4 Å². The van der Waals surface area contributed by atoms with Gasteiger partial charge in [-0.05, 0) is 63.3 Å². The van der Waals surface area contributed by atoms with Crippen molar-refractivity contribution in [2.45, 2.75) is 18.9 Å². The molecule has 2 N–H and O–H groups in total. The molecule has 1 saturated heterocycles. The quantitative estimate of drug-likeness (QED) is 0.765. The van der Waals surface area contributed by atoms with Crippen molar-refractivity contribution >= 4 is 42.1 Å². The van der Waals surface area contributed by atoms with Crippen LogP contribution in [-0.4, -0.2) is 37.0 Å². The van der Waals surface area contributed by atoms with E-state index in [0.29, 0.717) is 11.7 Å². The average Bonchev–Trinajstić information content (AvgIpc) is 2.57. The summed E-state index contributed by atoms with van der Waals surface area (Å²) in [6, 6.07) is 10.9. The number of likely N-dealkylation sites (tertiary alicyclic amines) is 1. The monoisotopic (exact) mass is 417 g/mol. The molecule has 1 heterocycles. The second-order valence-corrected chi connectivity index (χ2v) is 6.35. The molecule has 27 heavy (non-hydrogen) atoms. The Bertz CT molecular complexity index is 748. The lowest BCUT2D eigenvalue weighted by atomic mass is 10.1. The number of rotatable bonds is 4. The predicted molar refractivity (Wildman–Crippen MR) is 109 cm³/mol. The summed E-state index contributed by atoms with van der Waals surface area (Å²) in [7, 11) is 2.11. The second-order valence-electron chi connectivity index (χ2n) is 6.35. The normalized spacial score (nSPS) is 14.6. The highest BCUT2D eigenvalue weighted by Gasteiger charge is 2.18. The number of carbonyl (C=O) groups excluding carboxylic acids is 1. The zero-order valence-corrected chi connectivity index (χ0v) is 16.5. The number of hydrogen-bond acceptors (Lipinski definition) is 3. The molecular formula is C19H23Cl2F2N3O. The van der Waals surface area contributed by atoms with Gasteiger partial charge in [0.2, 0.25) is 0 Å². The van der Waals surface area contributed by atoms with Crippen LogP contribution in [0.1, 0.15) is 23.2 Å². The molecule has 1 fully saturated rings. The fourth-order valence-corrected chi connectivity index (χ4v) is 2.98. The highest BCUT2D eigenvalue weighted by atomic mass is 35.5. The van der Waals surface area contributed by atoms with Crippen molar-refractivity contribution in [3.8, 4) is 0 Å². The lowest BCUT2D eigenvalue weighted by molar-refractivity contribution is 0.101. The predicted octanol–water partition coefficient (Wildman–Crippen LogP) is 4.57. The molecule has 0 radical (unpaired) electrons. The summed E-state index contributed by atoms with van der Waals surface area (Å²) >= 11 is 0. The van der Waals surface area contributed by atoms with Gasteiger partial charge in [0.25, 0.3) is 5.91 Å². The number of carbonyl (C=O) groups is 1. The summed E-state index contributed by atoms with van der Waals surface area (Å²) in [6.07, 6.45) is 2.10. The van der Waals surface area contributed by atoms with Gasteiger partial charge in [-0.15, -0.1) is 24.8 Å². The maximum atomic E-state index is 13.7. The molecule has 3 rings (SSSR count). The van der Waals surface area contributed by atoms with Crippen molar-refractivity contribution in [2.24, 2.45) is 0 Å². The average molecular weight is 418 g/mol. The Morgan fingerprint density at radius 2 is 1.56 bits per heavy atom. The Morgan fingerprint density at radius 1 is 1.00 bits per heavy atom. The van der Waals surface area contributed by atoms with E-state index in [4.69, 9.17) is 0 Å². The molecule has 2 aromatic rings. The van der Waals surface area contributed by atoms with Gasteiger partial charge < -0.3 is 15.5 Å². The van der Waals surface area contributed by atoms with E-state index in [1.807, 2.05) is 6.07 Å². The number of benzene rings is 2. The van der Waals surface area contributed by atoms with Crippen molar-refractivity contribution in [1.29, 1.82) is 0 Å². The third-order valence-electron chi connectivity index (χ3n) is 4.40. The van der Waals surface area contributed by atoms with Gasteiger partial charge in [-0.25, -0.2) is 8.78 Å². The van der Waals surface area contributed by atoms with Crippen molar-refractivity contribution in [3.05, 3.63) is 59.7 Å². The van der Waals surface area contributed by atoms with Crippen LogP contribution in [0.4, 0.5) is 20.2 Å². The fourth-order valence-electron chi connectivity index (χ4n) is 2.98. The molecule has 0 spiro atoms. The SMILES string of the molecule is CN1CCC(Nc2cccc(NC(=O)c3c(F)cccc3F)c2)CC1.Cl.Cl. The summed E-state index contributed by atoms with van der Waals surface area (Å²) in [4.78, 5) is 14.5. The van der Waals surface area contributed by atoms with Crippen LogP contribution in [0.2, 0.25) is 0 Å². The van der Waals surface area contributed by atoms with Crippen LogP contribution < -0.4 is 10.6 Å². The number of nitrogens with zero attached hydrogens (tertiary/aromatic N) is 1. The molecular weight excluding hydrogens is 395 g/mol. The molecule has 1 amide bonds. The van der Waals surface area contributed by atoms with Gasteiger partial charge in [0.15, 0.2) is 0 Å². The number of hydrogen-bond donors (Lipinski definition) is 2. The van der Waals surface area contributed by atoms with Crippen molar-refractivity contribution in [1.82, 2.24) is 4.90 Å². The van der Waals surface area contributed by atoms with Crippen LogP contribution in [0, 0.1) is 11.6 Å². The zero-order valence-electron chi connectivity index (χ0n) is 14.9. The van der Waals surface area contributed by atoms with E-state index in [9.17, 15) is 13.6 Å². The molecule has 0 bridgehead atoms. The largest absolute Gasteiger partial charge is 0.382 e. The fraction of sp³-hybridized carbons (Fsp3) is 0.316. The summed E-state index contributed by atoms with van der Waals surface area (Å²) in [6.45, 7) is 2.08. The molecule has 2 aromatic carbocycles. The van der Waals surface area contributed by atoms with Crippen molar-refractivity contribution in [2.75, 3.05) is 30.8 Å². The maximum absolute atomic E-state index is 13.7. The molecule has 0 saturated carbocycles. The molecule has 0 unspecified atom stereocenters. The van der Waals surface area contributed by atoms with E-state index >= 15 is 0 Å². The molecule has 4 nitrogen and oxygen atoms in total. The highest BCUT2D eigenvalue weighted by molar-refractivity contribution is 6.04. The number of anilines is 2. The Hall–Kier alpha value is -1.89. The van der Waals surface area contributed by atoms with Gasteiger partial charge in [-0.1, -0.05) is 12.1 Å². The zero-order chi connectivity index (χ0) is 17.8. The first-order valence-corrected chi connectivity index (χ1v) is 8.33. The van der Waals surface area contributed by atoms with Crippen LogP contribution >= 0.6 is 24.8 Å². The van der Waals surface area contributed by atoms with Gasteiger partial charge in [0.05, 0.1) is 0 Å². The van der Waals surface area contributed by atoms with Crippen LogP contribution in [0.15, 0.2) is 42.5 Å². The van der Waals surface area contributed by atoms with Gasteiger partial charge in [0.1, 0.15) is 17.2 Å². The summed E-state index contributed by atoms with van der Waals surface area (Å²) < 4.78 is 27.4. The summed E-state index contributed by atoms with van der Waals surface area (Å²) in [5.41, 5.74) is 0.795. The van der Waals surface area contributed by atoms with E-state index in [1.165, 1.54) is 6.07 Å².